The Balaban J connectivity index is 1.92. The maximum Gasteiger partial charge on any atom is 0.573 e. The van der Waals surface area contributed by atoms with Gasteiger partial charge >= 0.3 is 18.3 Å². The van der Waals surface area contributed by atoms with Crippen molar-refractivity contribution < 1.29 is 46.5 Å². The molecule has 10 nitrogen and oxygen atoms in total. The molecule has 0 unspecified atom stereocenters. The largest absolute Gasteiger partial charge is 0.573 e. The smallest absolute Gasteiger partial charge is 0.466 e. The fraction of sp³-hybridized carbons (Fsp3) is 0.214. The van der Waals surface area contributed by atoms with Crippen molar-refractivity contribution in [3.05, 3.63) is 77.6 Å². The molecule has 41 heavy (non-hydrogen) atoms. The highest BCUT2D eigenvalue weighted by molar-refractivity contribution is 6.08. The quantitative estimate of drug-likeness (QED) is 0.260. The molecule has 214 valence electrons. The third-order valence-corrected chi connectivity index (χ3v) is 5.71. The third-order valence-electron chi connectivity index (χ3n) is 5.71. The summed E-state index contributed by atoms with van der Waals surface area (Å²) in [6.45, 7) is 3.35. The number of hydrogen-bond acceptors (Lipinski definition) is 8. The van der Waals surface area contributed by atoms with Crippen molar-refractivity contribution in [2.45, 2.75) is 26.6 Å². The normalized spacial score (nSPS) is 11.2. The third kappa shape index (κ3) is 6.57. The van der Waals surface area contributed by atoms with Gasteiger partial charge in [0.2, 0.25) is 5.88 Å². The van der Waals surface area contributed by atoms with Crippen LogP contribution >= 0.6 is 0 Å². The zero-order valence-electron chi connectivity index (χ0n) is 21.9. The molecule has 4 rings (SSSR count). The van der Waals surface area contributed by atoms with Gasteiger partial charge in [0.1, 0.15) is 17.1 Å². The Hall–Kier alpha value is -5.07. The standard InChI is InChI=1S/C28H24F3N3O7/c1-3-38-23(35)15-22-24(27(37)39-4-2)20-14-18(40-26-19(25(32)36)6-5-13-33-26)11-12-21(20)34(22)16-7-9-17(10-8-16)41-28(29,30)31/h5-14H,3-4,15H2,1-2H3,(H2,32,36). The molecule has 0 bridgehead atoms. The van der Waals surface area contributed by atoms with Gasteiger partial charge < -0.3 is 29.2 Å². The molecule has 0 saturated heterocycles. The second-order valence-corrected chi connectivity index (χ2v) is 8.40. The van der Waals surface area contributed by atoms with Gasteiger partial charge in [-0.2, -0.15) is 0 Å². The highest BCUT2D eigenvalue weighted by Crippen LogP contribution is 2.36. The Morgan fingerprint density at radius 3 is 2.27 bits per heavy atom. The second kappa shape index (κ2) is 12.0. The number of pyridine rings is 1. The van der Waals surface area contributed by atoms with Crippen molar-refractivity contribution in [2.24, 2.45) is 5.73 Å². The van der Waals surface area contributed by atoms with E-state index in [0.29, 0.717) is 16.6 Å². The number of benzene rings is 2. The van der Waals surface area contributed by atoms with E-state index in [0.717, 1.165) is 12.1 Å². The number of ether oxygens (including phenoxy) is 4. The maximum absolute atomic E-state index is 13.2. The molecular formula is C28H24F3N3O7. The van der Waals surface area contributed by atoms with Crippen LogP contribution in [0, 0.1) is 0 Å². The number of rotatable bonds is 10. The van der Waals surface area contributed by atoms with E-state index >= 15 is 0 Å². The molecule has 1 amide bonds. The Labute approximate surface area is 231 Å². The number of esters is 2. The van der Waals surface area contributed by atoms with E-state index in [-0.39, 0.29) is 48.1 Å². The summed E-state index contributed by atoms with van der Waals surface area (Å²) in [7, 11) is 0. The fourth-order valence-electron chi connectivity index (χ4n) is 4.20. The average Bonchev–Trinajstić information content (AvgIpc) is 3.21. The topological polar surface area (TPSA) is 132 Å². The molecule has 13 heteroatoms. The molecule has 0 radical (unpaired) electrons. The molecule has 0 aliphatic rings. The highest BCUT2D eigenvalue weighted by Gasteiger charge is 2.31. The van der Waals surface area contributed by atoms with Crippen LogP contribution < -0.4 is 15.2 Å². The van der Waals surface area contributed by atoms with E-state index < -0.39 is 30.0 Å². The maximum atomic E-state index is 13.2. The van der Waals surface area contributed by atoms with Crippen LogP contribution in [0.15, 0.2) is 60.8 Å². The monoisotopic (exact) mass is 571 g/mol. The molecule has 0 aliphatic carbocycles. The number of nitrogens with two attached hydrogens (primary N) is 1. The van der Waals surface area contributed by atoms with Gasteiger partial charge in [0.25, 0.3) is 5.91 Å². The fourth-order valence-corrected chi connectivity index (χ4v) is 4.20. The molecule has 2 aromatic heterocycles. The minimum atomic E-state index is -4.88. The lowest BCUT2D eigenvalue weighted by molar-refractivity contribution is -0.274. The molecule has 0 spiro atoms. The first-order chi connectivity index (χ1) is 19.5. The number of fused-ring (bicyclic) bond motifs is 1. The summed E-state index contributed by atoms with van der Waals surface area (Å²) >= 11 is 0. The van der Waals surface area contributed by atoms with Crippen LogP contribution in [-0.2, 0) is 20.7 Å². The van der Waals surface area contributed by atoms with Crippen LogP contribution in [0.3, 0.4) is 0 Å². The van der Waals surface area contributed by atoms with E-state index in [1.807, 2.05) is 0 Å². The van der Waals surface area contributed by atoms with Crippen LogP contribution in [-0.4, -0.2) is 47.0 Å². The van der Waals surface area contributed by atoms with E-state index in [2.05, 4.69) is 9.72 Å². The second-order valence-electron chi connectivity index (χ2n) is 8.40. The summed E-state index contributed by atoms with van der Waals surface area (Å²) in [5, 5.41) is 0.299. The van der Waals surface area contributed by atoms with Gasteiger partial charge in [-0.15, -0.1) is 13.2 Å². The van der Waals surface area contributed by atoms with E-state index in [9.17, 15) is 27.6 Å². The molecule has 4 aromatic rings. The van der Waals surface area contributed by atoms with Gasteiger partial charge in [-0.3, -0.25) is 9.59 Å². The van der Waals surface area contributed by atoms with Crippen molar-refractivity contribution in [1.29, 1.82) is 0 Å². The first-order valence-electron chi connectivity index (χ1n) is 12.3. The Morgan fingerprint density at radius 1 is 0.951 bits per heavy atom. The molecular weight excluding hydrogens is 547 g/mol. The summed E-state index contributed by atoms with van der Waals surface area (Å²) < 4.78 is 59.9. The molecule has 2 N–H and O–H groups in total. The van der Waals surface area contributed by atoms with E-state index in [1.54, 1.807) is 19.9 Å². The number of hydrogen-bond donors (Lipinski definition) is 1. The van der Waals surface area contributed by atoms with Crippen molar-refractivity contribution >= 4 is 28.7 Å². The lowest BCUT2D eigenvalue weighted by Crippen LogP contribution is -2.17. The van der Waals surface area contributed by atoms with Gasteiger partial charge in [-0.25, -0.2) is 9.78 Å². The average molecular weight is 572 g/mol. The van der Waals surface area contributed by atoms with Crippen LogP contribution in [0.25, 0.3) is 16.6 Å². The zero-order valence-corrected chi connectivity index (χ0v) is 21.9. The van der Waals surface area contributed by atoms with Crippen molar-refractivity contribution in [1.82, 2.24) is 9.55 Å². The molecule has 2 heterocycles. The van der Waals surface area contributed by atoms with Gasteiger partial charge in [0.15, 0.2) is 0 Å². The Morgan fingerprint density at radius 2 is 1.63 bits per heavy atom. The number of halogens is 3. The summed E-state index contributed by atoms with van der Waals surface area (Å²) in [6, 6.07) is 12.5. The van der Waals surface area contributed by atoms with Gasteiger partial charge in [0.05, 0.1) is 30.7 Å². The molecule has 0 fully saturated rings. The summed E-state index contributed by atoms with van der Waals surface area (Å²) in [5.41, 5.74) is 6.37. The molecule has 2 aromatic carbocycles. The van der Waals surface area contributed by atoms with E-state index in [4.69, 9.17) is 19.9 Å². The van der Waals surface area contributed by atoms with Gasteiger partial charge in [-0.1, -0.05) is 0 Å². The number of nitrogens with zero attached hydrogens (tertiary/aromatic N) is 2. The first kappa shape index (κ1) is 28.9. The van der Waals surface area contributed by atoms with E-state index in [1.165, 1.54) is 47.2 Å². The molecule has 0 saturated carbocycles. The summed E-state index contributed by atoms with van der Waals surface area (Å²) in [4.78, 5) is 41.7. The van der Waals surface area contributed by atoms with Crippen LogP contribution in [0.2, 0.25) is 0 Å². The Bertz CT molecular complexity index is 1600. The van der Waals surface area contributed by atoms with Crippen LogP contribution in [0.1, 0.15) is 40.3 Å². The number of alkyl halides is 3. The van der Waals surface area contributed by atoms with Gasteiger partial charge in [0, 0.05) is 23.0 Å². The molecule has 0 atom stereocenters. The lowest BCUT2D eigenvalue weighted by Gasteiger charge is -2.14. The summed E-state index contributed by atoms with van der Waals surface area (Å²) in [6.07, 6.45) is -3.84. The number of primary amides is 1. The predicted octanol–water partition coefficient (Wildman–Crippen LogP) is 5.10. The number of aromatic nitrogens is 2. The lowest BCUT2D eigenvalue weighted by atomic mass is 10.1. The van der Waals surface area contributed by atoms with Crippen LogP contribution in [0.5, 0.6) is 17.4 Å². The number of carbonyl (C=O) groups is 3. The zero-order chi connectivity index (χ0) is 29.7. The van der Waals surface area contributed by atoms with Crippen molar-refractivity contribution in [3.63, 3.8) is 0 Å². The van der Waals surface area contributed by atoms with Crippen molar-refractivity contribution in [2.75, 3.05) is 13.2 Å². The van der Waals surface area contributed by atoms with Crippen molar-refractivity contribution in [3.8, 4) is 23.1 Å². The Kier molecular flexibility index (Phi) is 8.45. The number of amides is 1. The minimum Gasteiger partial charge on any atom is -0.466 e. The predicted molar refractivity (Wildman–Crippen MR) is 139 cm³/mol. The first-order valence-corrected chi connectivity index (χ1v) is 12.3. The number of carbonyl (C=O) groups excluding carboxylic acids is 3. The van der Waals surface area contributed by atoms with Gasteiger partial charge in [-0.05, 0) is 68.4 Å². The highest BCUT2D eigenvalue weighted by atomic mass is 19.4. The SMILES string of the molecule is CCOC(=O)Cc1c(C(=O)OCC)c2cc(Oc3ncccc3C(N)=O)ccc2n1-c1ccc(OC(F)(F)F)cc1. The molecule has 0 aliphatic heterocycles. The minimum absolute atomic E-state index is 0.0205. The van der Waals surface area contributed by atoms with Crippen LogP contribution in [0.4, 0.5) is 13.2 Å². The summed E-state index contributed by atoms with van der Waals surface area (Å²) in [5.74, 6) is -2.49.